The zero-order chi connectivity index (χ0) is 16.8. The molecule has 124 valence electrons. The van der Waals surface area contributed by atoms with E-state index in [4.69, 9.17) is 4.74 Å². The second-order valence-electron chi connectivity index (χ2n) is 5.61. The van der Waals surface area contributed by atoms with Crippen LogP contribution in [0.25, 0.3) is 10.6 Å². The first-order valence-corrected chi connectivity index (χ1v) is 9.78. The molecule has 0 saturated carbocycles. The van der Waals surface area contributed by atoms with E-state index >= 15 is 0 Å². The van der Waals surface area contributed by atoms with Crippen molar-refractivity contribution < 1.29 is 4.74 Å². The summed E-state index contributed by atoms with van der Waals surface area (Å²) >= 11 is 5.39. The van der Waals surface area contributed by atoms with Gasteiger partial charge in [0.05, 0.1) is 6.61 Å². The Labute approximate surface area is 155 Å². The average molecular weight is 402 g/mol. The highest BCUT2D eigenvalue weighted by Gasteiger charge is 2.10. The summed E-state index contributed by atoms with van der Waals surface area (Å²) in [5.74, 6) is 0.886. The highest BCUT2D eigenvalue weighted by Crippen LogP contribution is 2.34. The van der Waals surface area contributed by atoms with E-state index in [2.05, 4.69) is 58.2 Å². The minimum absolute atomic E-state index is 0.671. The second kappa shape index (κ2) is 8.45. The van der Waals surface area contributed by atoms with Crippen LogP contribution < -0.4 is 4.74 Å². The first kappa shape index (κ1) is 17.2. The van der Waals surface area contributed by atoms with Gasteiger partial charge in [0.2, 0.25) is 0 Å². The van der Waals surface area contributed by atoms with Crippen LogP contribution in [0.2, 0.25) is 0 Å². The van der Waals surface area contributed by atoms with Crippen molar-refractivity contribution in [3.05, 3.63) is 69.6 Å². The van der Waals surface area contributed by atoms with Crippen molar-refractivity contribution in [3.63, 3.8) is 0 Å². The Morgan fingerprint density at radius 1 is 1.08 bits per heavy atom. The number of aryl methyl sites for hydroxylation is 1. The number of hydrogen-bond acceptors (Lipinski definition) is 3. The number of thiazole rings is 1. The fourth-order valence-corrected chi connectivity index (χ4v) is 4.09. The number of aromatic nitrogens is 1. The van der Waals surface area contributed by atoms with Gasteiger partial charge in [-0.15, -0.1) is 11.3 Å². The molecular weight excluding hydrogens is 382 g/mol. The Bertz CT molecular complexity index is 785. The van der Waals surface area contributed by atoms with Gasteiger partial charge in [-0.1, -0.05) is 59.6 Å². The molecule has 0 N–H and O–H groups in total. The highest BCUT2D eigenvalue weighted by molar-refractivity contribution is 9.10. The number of benzene rings is 2. The van der Waals surface area contributed by atoms with Crippen LogP contribution in [0.4, 0.5) is 0 Å². The monoisotopic (exact) mass is 401 g/mol. The van der Waals surface area contributed by atoms with Crippen LogP contribution in [0.1, 0.15) is 23.8 Å². The summed E-state index contributed by atoms with van der Waals surface area (Å²) in [6.07, 6.45) is 5.12. The minimum Gasteiger partial charge on any atom is -0.493 e. The van der Waals surface area contributed by atoms with Gasteiger partial charge in [0, 0.05) is 27.5 Å². The van der Waals surface area contributed by atoms with Crippen molar-refractivity contribution in [1.82, 2.24) is 4.98 Å². The zero-order valence-electron chi connectivity index (χ0n) is 13.7. The van der Waals surface area contributed by atoms with E-state index in [-0.39, 0.29) is 0 Å². The van der Waals surface area contributed by atoms with Crippen molar-refractivity contribution in [3.8, 4) is 16.3 Å². The van der Waals surface area contributed by atoms with E-state index < -0.39 is 0 Å². The summed E-state index contributed by atoms with van der Waals surface area (Å²) in [5.41, 5.74) is 2.39. The summed E-state index contributed by atoms with van der Waals surface area (Å²) < 4.78 is 6.99. The smallest absolute Gasteiger partial charge is 0.124 e. The summed E-state index contributed by atoms with van der Waals surface area (Å²) in [4.78, 5) is 5.90. The lowest BCUT2D eigenvalue weighted by atomic mass is 10.2. The molecule has 0 radical (unpaired) electrons. The SMILES string of the molecule is CCCc1cnc(-c2cc(OCCc3ccccc3)ccc2Br)s1. The number of nitrogens with zero attached hydrogens (tertiary/aromatic N) is 1. The molecule has 1 heterocycles. The standard InChI is InChI=1S/C20H20BrNOS/c1-2-6-17-14-22-20(24-17)18-13-16(9-10-19(18)21)23-12-11-15-7-4-3-5-8-15/h3-5,7-10,13-14H,2,6,11-12H2,1H3. The van der Waals surface area contributed by atoms with Gasteiger partial charge in [-0.2, -0.15) is 0 Å². The Balaban J connectivity index is 1.69. The molecule has 0 aliphatic heterocycles. The molecule has 0 amide bonds. The largest absolute Gasteiger partial charge is 0.493 e. The Kier molecular flexibility index (Phi) is 6.05. The lowest BCUT2D eigenvalue weighted by Crippen LogP contribution is -2.01. The molecule has 0 saturated heterocycles. The molecule has 3 aromatic rings. The third kappa shape index (κ3) is 4.46. The first-order chi connectivity index (χ1) is 11.8. The van der Waals surface area contributed by atoms with Crippen LogP contribution in [-0.4, -0.2) is 11.6 Å². The molecule has 0 bridgehead atoms. The minimum atomic E-state index is 0.671. The zero-order valence-corrected chi connectivity index (χ0v) is 16.1. The molecule has 0 fully saturated rings. The first-order valence-electron chi connectivity index (χ1n) is 8.17. The van der Waals surface area contributed by atoms with Crippen molar-refractivity contribution >= 4 is 27.3 Å². The molecule has 4 heteroatoms. The molecule has 0 spiro atoms. The molecule has 2 aromatic carbocycles. The lowest BCUT2D eigenvalue weighted by Gasteiger charge is -2.09. The third-order valence-electron chi connectivity index (χ3n) is 3.72. The topological polar surface area (TPSA) is 22.1 Å². The van der Waals surface area contributed by atoms with Crippen LogP contribution >= 0.6 is 27.3 Å². The maximum Gasteiger partial charge on any atom is 0.124 e. The number of ether oxygens (including phenoxy) is 1. The van der Waals surface area contributed by atoms with Crippen LogP contribution in [0.15, 0.2) is 59.2 Å². The van der Waals surface area contributed by atoms with E-state index in [0.29, 0.717) is 6.61 Å². The van der Waals surface area contributed by atoms with Gasteiger partial charge < -0.3 is 4.74 Å². The van der Waals surface area contributed by atoms with Gasteiger partial charge in [-0.3, -0.25) is 0 Å². The van der Waals surface area contributed by atoms with Crippen LogP contribution in [0.5, 0.6) is 5.75 Å². The number of rotatable bonds is 7. The molecule has 0 unspecified atom stereocenters. The maximum atomic E-state index is 5.94. The molecule has 2 nitrogen and oxygen atoms in total. The summed E-state index contributed by atoms with van der Waals surface area (Å²) in [6, 6.07) is 16.5. The molecule has 0 aliphatic rings. The number of halogens is 1. The molecule has 3 rings (SSSR count). The fraction of sp³-hybridized carbons (Fsp3) is 0.250. The highest BCUT2D eigenvalue weighted by atomic mass is 79.9. The molecule has 0 atom stereocenters. The van der Waals surface area contributed by atoms with Gasteiger partial charge in [-0.25, -0.2) is 4.98 Å². The Hall–Kier alpha value is -1.65. The van der Waals surface area contributed by atoms with Gasteiger partial charge in [0.1, 0.15) is 10.8 Å². The quantitative estimate of drug-likeness (QED) is 0.473. The van der Waals surface area contributed by atoms with E-state index in [1.807, 2.05) is 24.4 Å². The Morgan fingerprint density at radius 2 is 1.92 bits per heavy atom. The van der Waals surface area contributed by atoms with Gasteiger partial charge in [0.15, 0.2) is 0 Å². The Morgan fingerprint density at radius 3 is 2.71 bits per heavy atom. The predicted octanol–water partition coefficient (Wildman–Crippen LogP) is 6.15. The van der Waals surface area contributed by atoms with Crippen molar-refractivity contribution in [2.24, 2.45) is 0 Å². The maximum absolute atomic E-state index is 5.94. The van der Waals surface area contributed by atoms with E-state index in [1.54, 1.807) is 11.3 Å². The van der Waals surface area contributed by atoms with Crippen molar-refractivity contribution in [2.75, 3.05) is 6.61 Å². The summed E-state index contributed by atoms with van der Waals surface area (Å²) in [6.45, 7) is 2.86. The third-order valence-corrected chi connectivity index (χ3v) is 5.50. The average Bonchev–Trinajstić information content (AvgIpc) is 3.06. The summed E-state index contributed by atoms with van der Waals surface area (Å²) in [5, 5.41) is 1.04. The van der Waals surface area contributed by atoms with E-state index in [1.165, 1.54) is 10.4 Å². The lowest BCUT2D eigenvalue weighted by molar-refractivity contribution is 0.322. The number of hydrogen-bond donors (Lipinski definition) is 0. The fourth-order valence-electron chi connectivity index (χ4n) is 2.48. The van der Waals surface area contributed by atoms with Crippen molar-refractivity contribution in [2.45, 2.75) is 26.2 Å². The van der Waals surface area contributed by atoms with Gasteiger partial charge >= 0.3 is 0 Å². The van der Waals surface area contributed by atoms with Crippen LogP contribution in [-0.2, 0) is 12.8 Å². The molecule has 0 aliphatic carbocycles. The molecule has 1 aromatic heterocycles. The normalized spacial score (nSPS) is 10.8. The van der Waals surface area contributed by atoms with E-state index in [9.17, 15) is 0 Å². The van der Waals surface area contributed by atoms with Gasteiger partial charge in [0.25, 0.3) is 0 Å². The molecular formula is C20H20BrNOS. The van der Waals surface area contributed by atoms with Gasteiger partial charge in [-0.05, 0) is 30.2 Å². The van der Waals surface area contributed by atoms with Crippen LogP contribution in [0, 0.1) is 0 Å². The predicted molar refractivity (Wildman–Crippen MR) is 105 cm³/mol. The molecule has 24 heavy (non-hydrogen) atoms. The second-order valence-corrected chi connectivity index (χ2v) is 7.58. The van der Waals surface area contributed by atoms with Crippen LogP contribution in [0.3, 0.4) is 0 Å². The van der Waals surface area contributed by atoms with Crippen molar-refractivity contribution in [1.29, 1.82) is 0 Å². The van der Waals surface area contributed by atoms with E-state index in [0.717, 1.165) is 40.1 Å². The summed E-state index contributed by atoms with van der Waals surface area (Å²) in [7, 11) is 0.